The van der Waals surface area contributed by atoms with Crippen molar-refractivity contribution in [3.63, 3.8) is 0 Å². The molecule has 0 radical (unpaired) electrons. The first-order valence-electron chi connectivity index (χ1n) is 20.4. The van der Waals surface area contributed by atoms with Gasteiger partial charge in [0.25, 0.3) is 0 Å². The lowest BCUT2D eigenvalue weighted by Gasteiger charge is -2.33. The summed E-state index contributed by atoms with van der Waals surface area (Å²) >= 11 is 0. The Labute approximate surface area is 288 Å². The molecule has 1 nitrogen and oxygen atoms in total. The minimum absolute atomic E-state index is 0.364. The second-order valence-corrected chi connectivity index (χ2v) is 15.4. The zero-order valence-electron chi connectivity index (χ0n) is 31.3. The van der Waals surface area contributed by atoms with E-state index in [4.69, 9.17) is 0 Å². The number of rotatable bonds is 31. The fraction of sp³-hybridized carbons (Fsp3) is 0.733. The van der Waals surface area contributed by atoms with Crippen molar-refractivity contribution in [1.82, 2.24) is 4.90 Å². The van der Waals surface area contributed by atoms with Crippen molar-refractivity contribution in [3.8, 4) is 0 Å². The summed E-state index contributed by atoms with van der Waals surface area (Å²) < 4.78 is 0. The molecule has 0 spiro atoms. The summed E-state index contributed by atoms with van der Waals surface area (Å²) in [6.45, 7) is 11.8. The zero-order chi connectivity index (χ0) is 32.9. The highest BCUT2D eigenvalue weighted by Gasteiger charge is 2.21. The molecular weight excluding hydrogens is 555 g/mol. The lowest BCUT2D eigenvalue weighted by Crippen LogP contribution is -2.31. The predicted octanol–water partition coefficient (Wildman–Crippen LogP) is 14.8. The first-order valence-corrected chi connectivity index (χ1v) is 20.4. The molecule has 0 atom stereocenters. The smallest absolute Gasteiger partial charge is 0.0601 e. The highest BCUT2D eigenvalue weighted by molar-refractivity contribution is 5.31. The maximum Gasteiger partial charge on any atom is 0.0601 e. The third-order valence-corrected chi connectivity index (χ3v) is 10.0. The normalized spacial score (nSPS) is 11.9. The number of hydrogen-bond donors (Lipinski definition) is 0. The Hall–Kier alpha value is -1.60. The summed E-state index contributed by atoms with van der Waals surface area (Å²) in [4.78, 5) is 2.82. The average molecular weight is 632 g/mol. The van der Waals surface area contributed by atoms with E-state index >= 15 is 0 Å². The van der Waals surface area contributed by atoms with Gasteiger partial charge in [0.2, 0.25) is 0 Å². The van der Waals surface area contributed by atoms with Crippen molar-refractivity contribution in [2.75, 3.05) is 13.1 Å². The molecule has 2 aromatic rings. The third-order valence-electron chi connectivity index (χ3n) is 10.0. The number of unbranched alkanes of at least 4 members (excludes halogenated alkanes) is 20. The molecule has 0 aliphatic rings. The van der Waals surface area contributed by atoms with Gasteiger partial charge in [-0.25, -0.2) is 0 Å². The molecule has 46 heavy (non-hydrogen) atoms. The summed E-state index contributed by atoms with van der Waals surface area (Å²) in [6.07, 6.45) is 34.1. The second-order valence-electron chi connectivity index (χ2n) is 15.4. The van der Waals surface area contributed by atoms with Crippen LogP contribution in [0, 0.1) is 11.8 Å². The highest BCUT2D eigenvalue weighted by Crippen LogP contribution is 2.30. The van der Waals surface area contributed by atoms with Gasteiger partial charge < -0.3 is 0 Å². The van der Waals surface area contributed by atoms with Gasteiger partial charge in [-0.15, -0.1) is 0 Å². The van der Waals surface area contributed by atoms with Gasteiger partial charge in [0.15, 0.2) is 0 Å². The number of hydrogen-bond acceptors (Lipinski definition) is 1. The lowest BCUT2D eigenvalue weighted by molar-refractivity contribution is 0.214. The largest absolute Gasteiger partial charge is 0.292 e. The molecule has 0 saturated carbocycles. The summed E-state index contributed by atoms with van der Waals surface area (Å²) in [5.74, 6) is 1.75. The summed E-state index contributed by atoms with van der Waals surface area (Å²) in [5.41, 5.74) is 2.89. The van der Waals surface area contributed by atoms with E-state index in [-0.39, 0.29) is 0 Å². The van der Waals surface area contributed by atoms with Gasteiger partial charge in [0, 0.05) is 0 Å². The van der Waals surface area contributed by atoms with E-state index in [2.05, 4.69) is 93.3 Å². The third kappa shape index (κ3) is 21.3. The second kappa shape index (κ2) is 28.4. The molecule has 2 aromatic carbocycles. The first kappa shape index (κ1) is 40.6. The van der Waals surface area contributed by atoms with Gasteiger partial charge in [0.05, 0.1) is 6.04 Å². The maximum absolute atomic E-state index is 2.82. The Bertz CT molecular complexity index is 814. The van der Waals surface area contributed by atoms with Gasteiger partial charge in [-0.2, -0.15) is 0 Å². The zero-order valence-corrected chi connectivity index (χ0v) is 31.3. The Morgan fingerprint density at radius 1 is 0.348 bits per heavy atom. The fourth-order valence-corrected chi connectivity index (χ4v) is 7.17. The van der Waals surface area contributed by atoms with E-state index in [1.54, 1.807) is 0 Å². The van der Waals surface area contributed by atoms with Gasteiger partial charge in [-0.05, 0) is 48.9 Å². The topological polar surface area (TPSA) is 3.24 Å². The maximum atomic E-state index is 2.82. The molecule has 0 unspecified atom stereocenters. The van der Waals surface area contributed by atoms with Crippen LogP contribution in [-0.2, 0) is 0 Å². The van der Waals surface area contributed by atoms with Crippen molar-refractivity contribution >= 4 is 0 Å². The average Bonchev–Trinajstić information content (AvgIpc) is 3.06. The van der Waals surface area contributed by atoms with E-state index in [1.807, 2.05) is 0 Å². The van der Waals surface area contributed by atoms with Crippen LogP contribution in [0.15, 0.2) is 60.7 Å². The van der Waals surface area contributed by atoms with Crippen molar-refractivity contribution in [3.05, 3.63) is 71.8 Å². The van der Waals surface area contributed by atoms with Gasteiger partial charge >= 0.3 is 0 Å². The van der Waals surface area contributed by atoms with E-state index in [1.165, 1.54) is 178 Å². The van der Waals surface area contributed by atoms with Crippen molar-refractivity contribution in [2.45, 2.75) is 188 Å². The van der Waals surface area contributed by atoms with Crippen molar-refractivity contribution in [2.24, 2.45) is 11.8 Å². The van der Waals surface area contributed by atoms with E-state index in [0.29, 0.717) is 6.04 Å². The van der Waals surface area contributed by atoms with Gasteiger partial charge in [0.1, 0.15) is 0 Å². The molecule has 1 heteroatoms. The molecule has 0 heterocycles. The van der Waals surface area contributed by atoms with Crippen LogP contribution in [0.1, 0.15) is 199 Å². The molecule has 0 fully saturated rings. The van der Waals surface area contributed by atoms with Crippen LogP contribution in [0.5, 0.6) is 0 Å². The summed E-state index contributed by atoms with van der Waals surface area (Å²) in [6, 6.07) is 23.0. The van der Waals surface area contributed by atoms with Crippen LogP contribution in [0.3, 0.4) is 0 Å². The van der Waals surface area contributed by atoms with Crippen LogP contribution in [0.2, 0.25) is 0 Å². The Morgan fingerprint density at radius 2 is 0.609 bits per heavy atom. The van der Waals surface area contributed by atoms with E-state index in [0.717, 1.165) is 11.8 Å². The van der Waals surface area contributed by atoms with E-state index in [9.17, 15) is 0 Å². The summed E-state index contributed by atoms with van der Waals surface area (Å²) in [7, 11) is 0. The minimum atomic E-state index is 0.364. The molecule has 0 bridgehead atoms. The Kier molecular flexibility index (Phi) is 25.1. The van der Waals surface area contributed by atoms with Gasteiger partial charge in [-0.3, -0.25) is 4.90 Å². The molecule has 0 amide bonds. The molecule has 0 saturated heterocycles. The molecular formula is C45H77N. The molecule has 0 aromatic heterocycles. The van der Waals surface area contributed by atoms with Crippen LogP contribution < -0.4 is 0 Å². The highest BCUT2D eigenvalue weighted by atomic mass is 15.2. The fourth-order valence-electron chi connectivity index (χ4n) is 7.17. The quantitative estimate of drug-likeness (QED) is 0.0748. The molecule has 262 valence electrons. The predicted molar refractivity (Wildman–Crippen MR) is 207 cm³/mol. The standard InChI is InChI=1S/C45H77N/c1-41(2)33-25-19-15-11-7-5-9-13-17-21-31-39-46(45(43-35-27-23-28-36-43)44-37-29-24-30-38-44)40-32-22-18-14-10-6-8-12-16-20-26-34-42(3)4/h23-24,27-30,35-38,41-42,45H,5-22,25-26,31-34,39-40H2,1-4H3. The molecule has 2 rings (SSSR count). The molecule has 0 aliphatic carbocycles. The van der Waals surface area contributed by atoms with Crippen LogP contribution in [-0.4, -0.2) is 18.0 Å². The Balaban J connectivity index is 1.70. The minimum Gasteiger partial charge on any atom is -0.292 e. The van der Waals surface area contributed by atoms with Crippen molar-refractivity contribution < 1.29 is 0 Å². The van der Waals surface area contributed by atoms with Gasteiger partial charge in [-0.1, -0.05) is 230 Å². The van der Waals surface area contributed by atoms with Crippen LogP contribution in [0.25, 0.3) is 0 Å². The van der Waals surface area contributed by atoms with Crippen molar-refractivity contribution in [1.29, 1.82) is 0 Å². The molecule has 0 N–H and O–H groups in total. The monoisotopic (exact) mass is 632 g/mol. The van der Waals surface area contributed by atoms with Crippen LogP contribution >= 0.6 is 0 Å². The molecule has 0 aliphatic heterocycles. The number of nitrogens with zero attached hydrogens (tertiary/aromatic N) is 1. The number of benzene rings is 2. The lowest BCUT2D eigenvalue weighted by atomic mass is 9.96. The first-order chi connectivity index (χ1) is 22.6. The van der Waals surface area contributed by atoms with Crippen LogP contribution in [0.4, 0.5) is 0 Å². The Morgan fingerprint density at radius 3 is 0.891 bits per heavy atom. The van der Waals surface area contributed by atoms with E-state index < -0.39 is 0 Å². The summed E-state index contributed by atoms with van der Waals surface area (Å²) in [5, 5.41) is 0. The SMILES string of the molecule is CC(C)CCCCCCCCCCCCCN(CCCCCCCCCCCCCC(C)C)C(c1ccccc1)c1ccccc1.